The van der Waals surface area contributed by atoms with Gasteiger partial charge in [0, 0.05) is 18.7 Å². The van der Waals surface area contributed by atoms with E-state index >= 15 is 0 Å². The van der Waals surface area contributed by atoms with Gasteiger partial charge in [0.15, 0.2) is 0 Å². The molecule has 2 saturated heterocycles. The van der Waals surface area contributed by atoms with Gasteiger partial charge in [-0.2, -0.15) is 0 Å². The summed E-state index contributed by atoms with van der Waals surface area (Å²) in [6.07, 6.45) is 3.19. The van der Waals surface area contributed by atoms with Crippen molar-refractivity contribution in [1.29, 1.82) is 0 Å². The van der Waals surface area contributed by atoms with Crippen molar-refractivity contribution in [2.24, 2.45) is 29.6 Å². The third-order valence-electron chi connectivity index (χ3n) is 7.77. The lowest BCUT2D eigenvalue weighted by Gasteiger charge is -2.19. The number of benzene rings is 2. The molecule has 2 aliphatic heterocycles. The van der Waals surface area contributed by atoms with Gasteiger partial charge in [0.1, 0.15) is 5.75 Å². The van der Waals surface area contributed by atoms with Crippen LogP contribution in [0.25, 0.3) is 0 Å². The normalized spacial score (nSPS) is 30.3. The van der Waals surface area contributed by atoms with E-state index in [9.17, 15) is 19.2 Å². The Kier molecular flexibility index (Phi) is 4.60. The number of ether oxygens (including phenoxy) is 1. The van der Waals surface area contributed by atoms with E-state index in [0.717, 1.165) is 24.9 Å². The molecule has 33 heavy (non-hydrogen) atoms. The Morgan fingerprint density at radius 2 is 1.45 bits per heavy atom. The maximum Gasteiger partial charge on any atom is 0.316 e. The largest absolute Gasteiger partial charge is 0.426 e. The number of hydrogen-bond donors (Lipinski definition) is 0. The van der Waals surface area contributed by atoms with Crippen molar-refractivity contribution in [3.63, 3.8) is 0 Å². The fourth-order valence-corrected chi connectivity index (χ4v) is 6.25. The number of imide groups is 1. The molecule has 5 atom stereocenters. The molecule has 0 N–H and O–H groups in total. The van der Waals surface area contributed by atoms with Gasteiger partial charge in [0.2, 0.25) is 17.7 Å². The number of anilines is 2. The quantitative estimate of drug-likeness (QED) is 0.411. The zero-order valence-electron chi connectivity index (χ0n) is 18.1. The van der Waals surface area contributed by atoms with Crippen LogP contribution in [0.1, 0.15) is 25.7 Å². The molecule has 0 radical (unpaired) electrons. The van der Waals surface area contributed by atoms with Crippen LogP contribution < -0.4 is 14.5 Å². The summed E-state index contributed by atoms with van der Waals surface area (Å²) in [5.41, 5.74) is 1.28. The Balaban J connectivity index is 1.13. The Labute approximate surface area is 191 Å². The summed E-state index contributed by atoms with van der Waals surface area (Å²) in [7, 11) is 0. The smallest absolute Gasteiger partial charge is 0.316 e. The molecule has 2 aliphatic carbocycles. The van der Waals surface area contributed by atoms with Gasteiger partial charge < -0.3 is 9.64 Å². The summed E-state index contributed by atoms with van der Waals surface area (Å²) < 4.78 is 5.51. The Bertz CT molecular complexity index is 1120. The lowest BCUT2D eigenvalue weighted by Crippen LogP contribution is -2.32. The zero-order chi connectivity index (χ0) is 22.7. The molecule has 7 heteroatoms. The SMILES string of the molecule is O=C(Oc1ccc(N2C(=O)[C@H]3[C@@H]4CC[C@@H](C4)[C@@H]3C2=O)cc1)[C@H]1CC(=O)N(c2ccccc2)C1. The van der Waals surface area contributed by atoms with Gasteiger partial charge in [0.05, 0.1) is 23.4 Å². The number of carbonyl (C=O) groups excluding carboxylic acids is 4. The minimum absolute atomic E-state index is 0.0904. The number of amides is 3. The van der Waals surface area contributed by atoms with Crippen molar-refractivity contribution in [1.82, 2.24) is 0 Å². The van der Waals surface area contributed by atoms with Crippen LogP contribution in [0.3, 0.4) is 0 Å². The molecular formula is C26H24N2O5. The van der Waals surface area contributed by atoms with Crippen molar-refractivity contribution < 1.29 is 23.9 Å². The maximum absolute atomic E-state index is 13.0. The van der Waals surface area contributed by atoms with Crippen LogP contribution in [0.4, 0.5) is 11.4 Å². The van der Waals surface area contributed by atoms with E-state index in [0.29, 0.717) is 23.3 Å². The van der Waals surface area contributed by atoms with Crippen LogP contribution in [0.5, 0.6) is 5.75 Å². The zero-order valence-corrected chi connectivity index (χ0v) is 18.1. The van der Waals surface area contributed by atoms with Crippen LogP contribution in [0.2, 0.25) is 0 Å². The lowest BCUT2D eigenvalue weighted by molar-refractivity contribution is -0.139. The highest BCUT2D eigenvalue weighted by Crippen LogP contribution is 2.56. The molecule has 0 aromatic heterocycles. The second kappa shape index (κ2) is 7.54. The van der Waals surface area contributed by atoms with Gasteiger partial charge in [-0.25, -0.2) is 0 Å². The first-order chi connectivity index (χ1) is 16.0. The first-order valence-electron chi connectivity index (χ1n) is 11.6. The van der Waals surface area contributed by atoms with Gasteiger partial charge in [-0.15, -0.1) is 0 Å². The molecule has 0 spiro atoms. The predicted octanol–water partition coefficient (Wildman–Crippen LogP) is 3.18. The minimum atomic E-state index is -0.547. The second-order valence-electron chi connectivity index (χ2n) is 9.55. The second-order valence-corrected chi connectivity index (χ2v) is 9.55. The summed E-state index contributed by atoms with van der Waals surface area (Å²) in [5, 5.41) is 0. The van der Waals surface area contributed by atoms with Crippen LogP contribution in [0.15, 0.2) is 54.6 Å². The van der Waals surface area contributed by atoms with Crippen LogP contribution >= 0.6 is 0 Å². The van der Waals surface area contributed by atoms with E-state index in [2.05, 4.69) is 0 Å². The van der Waals surface area contributed by atoms with Crippen LogP contribution in [-0.2, 0) is 19.2 Å². The Morgan fingerprint density at radius 3 is 2.09 bits per heavy atom. The highest BCUT2D eigenvalue weighted by molar-refractivity contribution is 6.22. The molecule has 2 heterocycles. The van der Waals surface area contributed by atoms with E-state index in [1.54, 1.807) is 29.2 Å². The number of rotatable bonds is 4. The molecule has 0 unspecified atom stereocenters. The van der Waals surface area contributed by atoms with E-state index in [4.69, 9.17) is 4.74 Å². The van der Waals surface area contributed by atoms with Crippen molar-refractivity contribution in [3.05, 3.63) is 54.6 Å². The first-order valence-corrected chi connectivity index (χ1v) is 11.6. The summed E-state index contributed by atoms with van der Waals surface area (Å²) in [6, 6.07) is 15.8. The summed E-state index contributed by atoms with van der Waals surface area (Å²) >= 11 is 0. The topological polar surface area (TPSA) is 84.0 Å². The average molecular weight is 444 g/mol. The van der Waals surface area contributed by atoms with Gasteiger partial charge in [0.25, 0.3) is 0 Å². The van der Waals surface area contributed by atoms with E-state index in [1.807, 2.05) is 30.3 Å². The van der Waals surface area contributed by atoms with E-state index < -0.39 is 11.9 Å². The maximum atomic E-state index is 13.0. The Morgan fingerprint density at radius 1 is 0.818 bits per heavy atom. The van der Waals surface area contributed by atoms with Crippen molar-refractivity contribution in [3.8, 4) is 5.75 Å². The summed E-state index contributed by atoms with van der Waals surface area (Å²) in [6.45, 7) is 0.279. The number of carbonyl (C=O) groups is 4. The monoisotopic (exact) mass is 444 g/mol. The van der Waals surface area contributed by atoms with Crippen LogP contribution in [-0.4, -0.2) is 30.2 Å². The van der Waals surface area contributed by atoms with Gasteiger partial charge in [-0.3, -0.25) is 24.1 Å². The average Bonchev–Trinajstić information content (AvgIpc) is 3.59. The predicted molar refractivity (Wildman–Crippen MR) is 119 cm³/mol. The molecule has 4 aliphatic rings. The van der Waals surface area contributed by atoms with Gasteiger partial charge >= 0.3 is 5.97 Å². The number of nitrogens with zero attached hydrogens (tertiary/aromatic N) is 2. The van der Waals surface area contributed by atoms with Crippen molar-refractivity contribution in [2.75, 3.05) is 16.3 Å². The van der Waals surface area contributed by atoms with Crippen LogP contribution in [0, 0.1) is 29.6 Å². The fraction of sp³-hybridized carbons (Fsp3) is 0.385. The molecule has 2 saturated carbocycles. The standard InChI is InChI=1S/C26H24N2O5/c29-21-13-17(14-27(21)18-4-2-1-3-5-18)26(32)33-20-10-8-19(9-11-20)28-24(30)22-15-6-7-16(12-15)23(22)25(28)31/h1-5,8-11,15-17,22-23H,6-7,12-14H2/t15-,16+,17-,22-,23-/m0/s1. The molecule has 2 aromatic carbocycles. The number of hydrogen-bond acceptors (Lipinski definition) is 5. The highest BCUT2D eigenvalue weighted by Gasteiger charge is 2.61. The van der Waals surface area contributed by atoms with E-state index in [-0.39, 0.29) is 42.5 Å². The minimum Gasteiger partial charge on any atom is -0.426 e. The number of fused-ring (bicyclic) bond motifs is 5. The fourth-order valence-electron chi connectivity index (χ4n) is 6.25. The highest BCUT2D eigenvalue weighted by atomic mass is 16.5. The molecular weight excluding hydrogens is 420 g/mol. The number of para-hydroxylation sites is 1. The first kappa shape index (κ1) is 20.1. The third kappa shape index (κ3) is 3.17. The molecule has 6 rings (SSSR count). The Hall–Kier alpha value is -3.48. The summed E-state index contributed by atoms with van der Waals surface area (Å²) in [5.74, 6) is -0.625. The third-order valence-corrected chi connectivity index (χ3v) is 7.77. The van der Waals surface area contributed by atoms with Gasteiger partial charge in [-0.05, 0) is 67.5 Å². The molecule has 2 bridgehead atoms. The molecule has 4 fully saturated rings. The van der Waals surface area contributed by atoms with Gasteiger partial charge in [-0.1, -0.05) is 18.2 Å². The summed E-state index contributed by atoms with van der Waals surface area (Å²) in [4.78, 5) is 53.9. The lowest BCUT2D eigenvalue weighted by atomic mass is 9.81. The van der Waals surface area contributed by atoms with Crippen molar-refractivity contribution >= 4 is 35.1 Å². The molecule has 168 valence electrons. The molecule has 3 amide bonds. The molecule has 7 nitrogen and oxygen atoms in total. The number of esters is 1. The van der Waals surface area contributed by atoms with Crippen molar-refractivity contribution in [2.45, 2.75) is 25.7 Å². The molecule has 2 aromatic rings. The van der Waals surface area contributed by atoms with E-state index in [1.165, 1.54) is 4.90 Å².